The maximum absolute atomic E-state index is 11.8. The predicted octanol–water partition coefficient (Wildman–Crippen LogP) is 2.57. The quantitative estimate of drug-likeness (QED) is 0.818. The van der Waals surface area contributed by atoms with Crippen LogP contribution in [0.25, 0.3) is 0 Å². The Kier molecular flexibility index (Phi) is 3.44. The van der Waals surface area contributed by atoms with Gasteiger partial charge in [-0.15, -0.1) is 11.3 Å². The van der Waals surface area contributed by atoms with Gasteiger partial charge in [-0.2, -0.15) is 0 Å². The molecule has 2 rings (SSSR count). The van der Waals surface area contributed by atoms with E-state index in [4.69, 9.17) is 5.73 Å². The fourth-order valence-corrected chi connectivity index (χ4v) is 2.36. The van der Waals surface area contributed by atoms with E-state index >= 15 is 0 Å². The number of nitrogens with one attached hydrogen (secondary N) is 1. The molecule has 0 saturated heterocycles. The van der Waals surface area contributed by atoms with Crippen molar-refractivity contribution in [1.82, 2.24) is 5.32 Å². The minimum Gasteiger partial charge on any atom is -0.399 e. The molecule has 3 N–H and O–H groups in total. The first-order chi connectivity index (χ1) is 8.15. The number of hydrogen-bond acceptors (Lipinski definition) is 3. The number of thiophene rings is 1. The van der Waals surface area contributed by atoms with E-state index in [0.29, 0.717) is 17.8 Å². The topological polar surface area (TPSA) is 55.1 Å². The molecule has 0 unspecified atom stereocenters. The molecule has 0 aliphatic carbocycles. The lowest BCUT2D eigenvalue weighted by atomic mass is 10.2. The van der Waals surface area contributed by atoms with Crippen LogP contribution in [0.5, 0.6) is 0 Å². The largest absolute Gasteiger partial charge is 0.399 e. The lowest BCUT2D eigenvalue weighted by molar-refractivity contribution is 0.0951. The molecule has 3 nitrogen and oxygen atoms in total. The molecule has 1 aromatic heterocycles. The number of aryl methyl sites for hydroxylation is 1. The van der Waals surface area contributed by atoms with Gasteiger partial charge in [0.05, 0.1) is 6.54 Å². The molecule has 2 aromatic rings. The van der Waals surface area contributed by atoms with Gasteiger partial charge in [0.15, 0.2) is 0 Å². The zero-order chi connectivity index (χ0) is 12.3. The summed E-state index contributed by atoms with van der Waals surface area (Å²) in [6.45, 7) is 2.61. The first-order valence-electron chi connectivity index (χ1n) is 5.34. The van der Waals surface area contributed by atoms with Gasteiger partial charge in [-0.25, -0.2) is 0 Å². The van der Waals surface area contributed by atoms with Crippen molar-refractivity contribution in [2.45, 2.75) is 13.5 Å². The van der Waals surface area contributed by atoms with E-state index in [9.17, 15) is 4.79 Å². The zero-order valence-electron chi connectivity index (χ0n) is 9.57. The van der Waals surface area contributed by atoms with Crippen molar-refractivity contribution in [2.75, 3.05) is 5.73 Å². The average Bonchev–Trinajstić information content (AvgIpc) is 2.72. The van der Waals surface area contributed by atoms with Crippen LogP contribution < -0.4 is 11.1 Å². The summed E-state index contributed by atoms with van der Waals surface area (Å²) >= 11 is 1.69. The number of carbonyl (C=O) groups excluding carboxylic acids is 1. The number of benzene rings is 1. The molecule has 1 aromatic carbocycles. The summed E-state index contributed by atoms with van der Waals surface area (Å²) in [5, 5.41) is 2.87. The maximum atomic E-state index is 11.8. The Bertz CT molecular complexity index is 534. The SMILES string of the molecule is Cc1ccc(CNC(=O)c2cccc(N)c2)s1. The van der Waals surface area contributed by atoms with Gasteiger partial charge in [0.25, 0.3) is 5.91 Å². The monoisotopic (exact) mass is 246 g/mol. The molecule has 0 atom stereocenters. The summed E-state index contributed by atoms with van der Waals surface area (Å²) in [6.07, 6.45) is 0. The summed E-state index contributed by atoms with van der Waals surface area (Å²) < 4.78 is 0. The van der Waals surface area contributed by atoms with Crippen LogP contribution in [0, 0.1) is 6.92 Å². The summed E-state index contributed by atoms with van der Waals surface area (Å²) in [7, 11) is 0. The molecular formula is C13H14N2OS. The number of nitrogens with two attached hydrogens (primary N) is 1. The molecule has 0 bridgehead atoms. The molecule has 0 radical (unpaired) electrons. The van der Waals surface area contributed by atoms with Crippen LogP contribution in [-0.4, -0.2) is 5.91 Å². The standard InChI is InChI=1S/C13H14N2OS/c1-9-5-6-12(17-9)8-15-13(16)10-3-2-4-11(14)7-10/h2-7H,8,14H2,1H3,(H,15,16). The highest BCUT2D eigenvalue weighted by atomic mass is 32.1. The van der Waals surface area contributed by atoms with E-state index in [0.717, 1.165) is 4.88 Å². The first-order valence-corrected chi connectivity index (χ1v) is 6.16. The third-order valence-corrected chi connectivity index (χ3v) is 3.37. The van der Waals surface area contributed by atoms with E-state index < -0.39 is 0 Å². The Hall–Kier alpha value is -1.81. The van der Waals surface area contributed by atoms with Crippen LogP contribution in [0.2, 0.25) is 0 Å². The van der Waals surface area contributed by atoms with Gasteiger partial charge in [-0.1, -0.05) is 6.07 Å². The number of amides is 1. The van der Waals surface area contributed by atoms with Crippen LogP contribution in [0.1, 0.15) is 20.1 Å². The second kappa shape index (κ2) is 5.01. The van der Waals surface area contributed by atoms with Gasteiger partial charge in [0, 0.05) is 21.0 Å². The van der Waals surface area contributed by atoms with Crippen LogP contribution in [-0.2, 0) is 6.54 Å². The Labute approximate surface area is 104 Å². The second-order valence-electron chi connectivity index (χ2n) is 3.82. The Morgan fingerprint density at radius 2 is 2.18 bits per heavy atom. The number of carbonyl (C=O) groups is 1. The highest BCUT2D eigenvalue weighted by Gasteiger charge is 2.05. The van der Waals surface area contributed by atoms with E-state index in [2.05, 4.69) is 5.32 Å². The van der Waals surface area contributed by atoms with Gasteiger partial charge in [0.1, 0.15) is 0 Å². The van der Waals surface area contributed by atoms with Crippen molar-refractivity contribution in [3.63, 3.8) is 0 Å². The van der Waals surface area contributed by atoms with E-state index in [1.165, 1.54) is 4.88 Å². The van der Waals surface area contributed by atoms with E-state index in [1.807, 2.05) is 19.1 Å². The first kappa shape index (κ1) is 11.7. The molecule has 0 aliphatic rings. The molecule has 17 heavy (non-hydrogen) atoms. The lowest BCUT2D eigenvalue weighted by Crippen LogP contribution is -2.22. The smallest absolute Gasteiger partial charge is 0.251 e. The van der Waals surface area contributed by atoms with Gasteiger partial charge in [-0.3, -0.25) is 4.79 Å². The predicted molar refractivity (Wildman–Crippen MR) is 71.1 cm³/mol. The zero-order valence-corrected chi connectivity index (χ0v) is 10.4. The summed E-state index contributed by atoms with van der Waals surface area (Å²) in [5.41, 5.74) is 6.83. The summed E-state index contributed by atoms with van der Waals surface area (Å²) in [6, 6.07) is 11.0. The normalized spacial score (nSPS) is 10.2. The molecule has 1 heterocycles. The van der Waals surface area contributed by atoms with Gasteiger partial charge >= 0.3 is 0 Å². The minimum absolute atomic E-state index is 0.0941. The second-order valence-corrected chi connectivity index (χ2v) is 5.19. The van der Waals surface area contributed by atoms with Crippen LogP contribution in [0.3, 0.4) is 0 Å². The highest BCUT2D eigenvalue weighted by molar-refractivity contribution is 7.11. The lowest BCUT2D eigenvalue weighted by Gasteiger charge is -2.04. The van der Waals surface area contributed by atoms with Crippen LogP contribution in [0.4, 0.5) is 5.69 Å². The highest BCUT2D eigenvalue weighted by Crippen LogP contribution is 2.14. The average molecular weight is 246 g/mol. The molecule has 0 fully saturated rings. The molecule has 88 valence electrons. The maximum Gasteiger partial charge on any atom is 0.251 e. The molecule has 0 aliphatic heterocycles. The van der Waals surface area contributed by atoms with Crippen molar-refractivity contribution in [2.24, 2.45) is 0 Å². The third kappa shape index (κ3) is 3.07. The van der Waals surface area contributed by atoms with E-state index in [-0.39, 0.29) is 5.91 Å². The molecule has 1 amide bonds. The van der Waals surface area contributed by atoms with Crippen molar-refractivity contribution < 1.29 is 4.79 Å². The van der Waals surface area contributed by atoms with Crippen LogP contribution in [0.15, 0.2) is 36.4 Å². The van der Waals surface area contributed by atoms with Crippen molar-refractivity contribution in [3.8, 4) is 0 Å². The van der Waals surface area contributed by atoms with Gasteiger partial charge in [0.2, 0.25) is 0 Å². The molecule has 4 heteroatoms. The van der Waals surface area contributed by atoms with Crippen molar-refractivity contribution >= 4 is 22.9 Å². The number of hydrogen-bond donors (Lipinski definition) is 2. The minimum atomic E-state index is -0.0941. The number of rotatable bonds is 3. The van der Waals surface area contributed by atoms with Crippen molar-refractivity contribution in [3.05, 3.63) is 51.7 Å². The Morgan fingerprint density at radius 3 is 2.82 bits per heavy atom. The Morgan fingerprint density at radius 1 is 1.35 bits per heavy atom. The fourth-order valence-electron chi connectivity index (χ4n) is 1.53. The van der Waals surface area contributed by atoms with Crippen molar-refractivity contribution in [1.29, 1.82) is 0 Å². The third-order valence-electron chi connectivity index (χ3n) is 2.37. The molecular weight excluding hydrogens is 232 g/mol. The molecule has 0 saturated carbocycles. The summed E-state index contributed by atoms with van der Waals surface area (Å²) in [4.78, 5) is 14.2. The fraction of sp³-hybridized carbons (Fsp3) is 0.154. The van der Waals surface area contributed by atoms with E-state index in [1.54, 1.807) is 35.6 Å². The van der Waals surface area contributed by atoms with Gasteiger partial charge < -0.3 is 11.1 Å². The Balaban J connectivity index is 1.98. The summed E-state index contributed by atoms with van der Waals surface area (Å²) in [5.74, 6) is -0.0941. The van der Waals surface area contributed by atoms with Gasteiger partial charge in [-0.05, 0) is 37.3 Å². The van der Waals surface area contributed by atoms with Crippen LogP contribution >= 0.6 is 11.3 Å². The molecule has 0 spiro atoms. The number of nitrogen functional groups attached to an aromatic ring is 1. The number of anilines is 1.